The van der Waals surface area contributed by atoms with E-state index in [-0.39, 0.29) is 24.2 Å². The summed E-state index contributed by atoms with van der Waals surface area (Å²) in [6.07, 6.45) is 1.23. The molecule has 4 heteroatoms. The van der Waals surface area contributed by atoms with Crippen LogP contribution in [0.5, 0.6) is 0 Å². The second-order valence-corrected chi connectivity index (χ2v) is 3.44. The minimum Gasteiger partial charge on any atom is -0.469 e. The number of carbonyl (C=O) groups excluding carboxylic acids is 2. The van der Waals surface area contributed by atoms with Gasteiger partial charge in [-0.15, -0.1) is 0 Å². The molecule has 0 aliphatic heterocycles. The molecule has 1 rings (SSSR count). The van der Waals surface area contributed by atoms with Gasteiger partial charge in [-0.05, 0) is 12.3 Å². The first kappa shape index (κ1) is 10.0. The van der Waals surface area contributed by atoms with Crippen LogP contribution in [0.1, 0.15) is 19.8 Å². The van der Waals surface area contributed by atoms with Crippen molar-refractivity contribution in [2.75, 3.05) is 13.7 Å². The van der Waals surface area contributed by atoms with Crippen LogP contribution in [0.3, 0.4) is 0 Å². The van der Waals surface area contributed by atoms with E-state index >= 15 is 0 Å². The molecule has 0 radical (unpaired) electrons. The molecule has 1 amide bonds. The fourth-order valence-electron chi connectivity index (χ4n) is 1.21. The highest BCUT2D eigenvalue weighted by molar-refractivity contribution is 5.81. The summed E-state index contributed by atoms with van der Waals surface area (Å²) in [6.45, 7) is 2.43. The van der Waals surface area contributed by atoms with Gasteiger partial charge in [0.05, 0.1) is 13.5 Å². The molecule has 0 aromatic rings. The van der Waals surface area contributed by atoms with E-state index in [4.69, 9.17) is 0 Å². The molecule has 1 N–H and O–H groups in total. The largest absolute Gasteiger partial charge is 0.469 e. The average molecular weight is 185 g/mol. The van der Waals surface area contributed by atoms with Gasteiger partial charge in [-0.2, -0.15) is 0 Å². The van der Waals surface area contributed by atoms with E-state index in [1.807, 2.05) is 6.92 Å². The molecule has 4 nitrogen and oxygen atoms in total. The van der Waals surface area contributed by atoms with Gasteiger partial charge in [0.25, 0.3) is 0 Å². The second kappa shape index (κ2) is 4.25. The number of hydrogen-bond donors (Lipinski definition) is 1. The summed E-state index contributed by atoms with van der Waals surface area (Å²) in [5, 5.41) is 2.70. The van der Waals surface area contributed by atoms with E-state index in [9.17, 15) is 9.59 Å². The molecule has 13 heavy (non-hydrogen) atoms. The molecule has 0 aromatic heterocycles. The lowest BCUT2D eigenvalue weighted by Crippen LogP contribution is -2.28. The summed E-state index contributed by atoms with van der Waals surface area (Å²) in [4.78, 5) is 21.9. The highest BCUT2D eigenvalue weighted by Crippen LogP contribution is 2.37. The molecule has 0 saturated heterocycles. The predicted molar refractivity (Wildman–Crippen MR) is 46.9 cm³/mol. The van der Waals surface area contributed by atoms with E-state index in [0.717, 1.165) is 6.42 Å². The Morgan fingerprint density at radius 1 is 1.54 bits per heavy atom. The second-order valence-electron chi connectivity index (χ2n) is 3.44. The summed E-state index contributed by atoms with van der Waals surface area (Å²) in [5.74, 6) is 0.469. The highest BCUT2D eigenvalue weighted by Gasteiger charge is 2.38. The Morgan fingerprint density at radius 2 is 2.15 bits per heavy atom. The Kier molecular flexibility index (Phi) is 3.28. The maximum atomic E-state index is 11.2. The molecule has 0 spiro atoms. The van der Waals surface area contributed by atoms with Gasteiger partial charge in [-0.3, -0.25) is 9.59 Å². The van der Waals surface area contributed by atoms with Crippen molar-refractivity contribution in [3.63, 3.8) is 0 Å². The quantitative estimate of drug-likeness (QED) is 0.642. The van der Waals surface area contributed by atoms with Crippen LogP contribution in [0.4, 0.5) is 0 Å². The van der Waals surface area contributed by atoms with Gasteiger partial charge < -0.3 is 10.1 Å². The van der Waals surface area contributed by atoms with Gasteiger partial charge in [-0.25, -0.2) is 0 Å². The average Bonchev–Trinajstić information content (AvgIpc) is 2.82. The zero-order chi connectivity index (χ0) is 9.84. The molecule has 1 aliphatic rings. The number of methoxy groups -OCH3 is 1. The number of ether oxygens (including phenoxy) is 1. The van der Waals surface area contributed by atoms with E-state index < -0.39 is 0 Å². The van der Waals surface area contributed by atoms with Crippen LogP contribution in [0.25, 0.3) is 0 Å². The molecule has 74 valence electrons. The Morgan fingerprint density at radius 3 is 2.62 bits per heavy atom. The first-order valence-electron chi connectivity index (χ1n) is 4.49. The van der Waals surface area contributed by atoms with Crippen LogP contribution in [-0.2, 0) is 14.3 Å². The Bertz CT molecular complexity index is 215. The molecule has 2 atom stereocenters. The van der Waals surface area contributed by atoms with Crippen LogP contribution in [0.15, 0.2) is 0 Å². The Labute approximate surface area is 77.6 Å². The van der Waals surface area contributed by atoms with Crippen molar-refractivity contribution < 1.29 is 14.3 Å². The van der Waals surface area contributed by atoms with Crippen LogP contribution in [-0.4, -0.2) is 25.5 Å². The van der Waals surface area contributed by atoms with Crippen LogP contribution < -0.4 is 5.32 Å². The first-order chi connectivity index (χ1) is 6.15. The van der Waals surface area contributed by atoms with E-state index in [1.165, 1.54) is 7.11 Å². The summed E-state index contributed by atoms with van der Waals surface area (Å²) in [5.41, 5.74) is 0. The third kappa shape index (κ3) is 3.05. The van der Waals surface area contributed by atoms with Crippen LogP contribution in [0, 0.1) is 11.8 Å². The summed E-state index contributed by atoms with van der Waals surface area (Å²) < 4.78 is 4.44. The summed E-state index contributed by atoms with van der Waals surface area (Å²) >= 11 is 0. The fraction of sp³-hybridized carbons (Fsp3) is 0.778. The van der Waals surface area contributed by atoms with Gasteiger partial charge in [-0.1, -0.05) is 6.92 Å². The minimum atomic E-state index is -0.288. The number of carbonyl (C=O) groups is 2. The van der Waals surface area contributed by atoms with Gasteiger partial charge in [0.1, 0.15) is 0 Å². The standard InChI is InChI=1S/C9H15NO3/c1-6-5-7(6)9(12)10-4-3-8(11)13-2/h6-7H,3-5H2,1-2H3,(H,10,12). The maximum absolute atomic E-state index is 11.2. The lowest BCUT2D eigenvalue weighted by Gasteiger charge is -2.02. The third-order valence-corrected chi connectivity index (χ3v) is 2.30. The molecule has 0 aromatic carbocycles. The van der Waals surface area contributed by atoms with Gasteiger partial charge in [0, 0.05) is 12.5 Å². The summed E-state index contributed by atoms with van der Waals surface area (Å²) in [7, 11) is 1.34. The van der Waals surface area contributed by atoms with Crippen molar-refractivity contribution >= 4 is 11.9 Å². The van der Waals surface area contributed by atoms with Crippen molar-refractivity contribution in [1.29, 1.82) is 0 Å². The highest BCUT2D eigenvalue weighted by atomic mass is 16.5. The van der Waals surface area contributed by atoms with Crippen LogP contribution in [0.2, 0.25) is 0 Å². The van der Waals surface area contributed by atoms with Crippen molar-refractivity contribution in [3.05, 3.63) is 0 Å². The number of esters is 1. The van der Waals surface area contributed by atoms with Gasteiger partial charge >= 0.3 is 5.97 Å². The molecule has 0 heterocycles. The maximum Gasteiger partial charge on any atom is 0.307 e. The molecule has 1 fully saturated rings. The summed E-state index contributed by atoms with van der Waals surface area (Å²) in [6, 6.07) is 0. The first-order valence-corrected chi connectivity index (χ1v) is 4.49. The van der Waals surface area contributed by atoms with Crippen molar-refractivity contribution in [2.45, 2.75) is 19.8 Å². The van der Waals surface area contributed by atoms with Crippen LogP contribution >= 0.6 is 0 Å². The molecule has 2 unspecified atom stereocenters. The normalized spacial score (nSPS) is 25.1. The van der Waals surface area contributed by atoms with Crippen molar-refractivity contribution in [3.8, 4) is 0 Å². The minimum absolute atomic E-state index is 0.0661. The zero-order valence-electron chi connectivity index (χ0n) is 8.00. The third-order valence-electron chi connectivity index (χ3n) is 2.30. The number of nitrogens with one attached hydrogen (secondary N) is 1. The van der Waals surface area contributed by atoms with E-state index in [2.05, 4.69) is 10.1 Å². The SMILES string of the molecule is COC(=O)CCNC(=O)C1CC1C. The molecule has 1 aliphatic carbocycles. The number of rotatable bonds is 4. The number of amides is 1. The molecule has 0 bridgehead atoms. The Hall–Kier alpha value is -1.06. The molecular formula is C9H15NO3. The van der Waals surface area contributed by atoms with E-state index in [0.29, 0.717) is 12.5 Å². The van der Waals surface area contributed by atoms with Crippen molar-refractivity contribution in [2.24, 2.45) is 11.8 Å². The topological polar surface area (TPSA) is 55.4 Å². The predicted octanol–water partition coefficient (Wildman–Crippen LogP) is 0.322. The van der Waals surface area contributed by atoms with Crippen molar-refractivity contribution in [1.82, 2.24) is 5.32 Å². The van der Waals surface area contributed by atoms with Gasteiger partial charge in [0.15, 0.2) is 0 Å². The lowest BCUT2D eigenvalue weighted by molar-refractivity contribution is -0.140. The monoisotopic (exact) mass is 185 g/mol. The van der Waals surface area contributed by atoms with Gasteiger partial charge in [0.2, 0.25) is 5.91 Å². The van der Waals surface area contributed by atoms with E-state index in [1.54, 1.807) is 0 Å². The molecule has 1 saturated carbocycles. The number of hydrogen-bond acceptors (Lipinski definition) is 3. The smallest absolute Gasteiger partial charge is 0.307 e. The zero-order valence-corrected chi connectivity index (χ0v) is 8.00. The Balaban J connectivity index is 2.06. The fourth-order valence-corrected chi connectivity index (χ4v) is 1.21. The molecular weight excluding hydrogens is 170 g/mol. The lowest BCUT2D eigenvalue weighted by atomic mass is 10.3.